The van der Waals surface area contributed by atoms with E-state index in [-0.39, 0.29) is 5.82 Å². The SMILES string of the molecule is CC(CC1CCC1)Nc1ccc(N2CCCC2)c(F)c1. The Bertz CT molecular complexity index is 450. The first-order chi connectivity index (χ1) is 9.72. The van der Waals surface area contributed by atoms with E-state index in [4.69, 9.17) is 0 Å². The molecule has 0 bridgehead atoms. The number of hydrogen-bond acceptors (Lipinski definition) is 2. The highest BCUT2D eigenvalue weighted by Crippen LogP contribution is 2.31. The normalized spacial score (nSPS) is 20.8. The maximum absolute atomic E-state index is 14.2. The zero-order chi connectivity index (χ0) is 13.9. The third kappa shape index (κ3) is 3.08. The molecule has 1 aromatic carbocycles. The second-order valence-corrected chi connectivity index (χ2v) is 6.44. The molecule has 1 unspecified atom stereocenters. The number of rotatable bonds is 5. The zero-order valence-corrected chi connectivity index (χ0v) is 12.4. The minimum atomic E-state index is -0.0901. The molecule has 1 saturated carbocycles. The van der Waals surface area contributed by atoms with Crippen LogP contribution >= 0.6 is 0 Å². The van der Waals surface area contributed by atoms with Crippen LogP contribution < -0.4 is 10.2 Å². The van der Waals surface area contributed by atoms with Crippen molar-refractivity contribution in [3.05, 3.63) is 24.0 Å². The Morgan fingerprint density at radius 2 is 2.00 bits per heavy atom. The Morgan fingerprint density at radius 3 is 2.60 bits per heavy atom. The van der Waals surface area contributed by atoms with Crippen molar-refractivity contribution in [3.8, 4) is 0 Å². The highest BCUT2D eigenvalue weighted by atomic mass is 19.1. The summed E-state index contributed by atoms with van der Waals surface area (Å²) in [4.78, 5) is 2.15. The zero-order valence-electron chi connectivity index (χ0n) is 12.4. The van der Waals surface area contributed by atoms with Gasteiger partial charge < -0.3 is 10.2 Å². The molecule has 20 heavy (non-hydrogen) atoms. The van der Waals surface area contributed by atoms with E-state index < -0.39 is 0 Å². The third-order valence-corrected chi connectivity index (χ3v) is 4.72. The van der Waals surface area contributed by atoms with Crippen LogP contribution in [0.25, 0.3) is 0 Å². The monoisotopic (exact) mass is 276 g/mol. The van der Waals surface area contributed by atoms with Crippen LogP contribution in [0.5, 0.6) is 0 Å². The Hall–Kier alpha value is -1.25. The Kier molecular flexibility index (Phi) is 4.13. The summed E-state index contributed by atoms with van der Waals surface area (Å²) in [6.45, 7) is 4.17. The van der Waals surface area contributed by atoms with Crippen molar-refractivity contribution in [1.29, 1.82) is 0 Å². The van der Waals surface area contributed by atoms with Gasteiger partial charge in [-0.3, -0.25) is 0 Å². The summed E-state index contributed by atoms with van der Waals surface area (Å²) >= 11 is 0. The molecule has 0 spiro atoms. The predicted molar refractivity (Wildman–Crippen MR) is 82.9 cm³/mol. The van der Waals surface area contributed by atoms with E-state index in [9.17, 15) is 4.39 Å². The molecule has 3 heteroatoms. The first-order valence-electron chi connectivity index (χ1n) is 8.03. The van der Waals surface area contributed by atoms with Crippen LogP contribution in [-0.4, -0.2) is 19.1 Å². The molecule has 2 nitrogen and oxygen atoms in total. The lowest BCUT2D eigenvalue weighted by atomic mass is 9.81. The first kappa shape index (κ1) is 13.7. The first-order valence-corrected chi connectivity index (χ1v) is 8.03. The molecule has 1 saturated heterocycles. The second kappa shape index (κ2) is 6.02. The van der Waals surface area contributed by atoms with Gasteiger partial charge in [0.2, 0.25) is 0 Å². The van der Waals surface area contributed by atoms with Crippen LogP contribution in [0.1, 0.15) is 45.4 Å². The van der Waals surface area contributed by atoms with Gasteiger partial charge in [0.25, 0.3) is 0 Å². The summed E-state index contributed by atoms with van der Waals surface area (Å²) in [5.41, 5.74) is 1.68. The van der Waals surface area contributed by atoms with Gasteiger partial charge in [0.15, 0.2) is 0 Å². The van der Waals surface area contributed by atoms with E-state index in [1.54, 1.807) is 6.07 Å². The smallest absolute Gasteiger partial charge is 0.148 e. The predicted octanol–water partition coefficient (Wildman–Crippen LogP) is 4.42. The minimum Gasteiger partial charge on any atom is -0.382 e. The highest BCUT2D eigenvalue weighted by molar-refractivity contribution is 5.57. The van der Waals surface area contributed by atoms with Gasteiger partial charge in [-0.2, -0.15) is 0 Å². The summed E-state index contributed by atoms with van der Waals surface area (Å²) in [5.74, 6) is 0.791. The van der Waals surface area contributed by atoms with Gasteiger partial charge in [0.1, 0.15) is 5.82 Å². The lowest BCUT2D eigenvalue weighted by Crippen LogP contribution is -2.23. The number of nitrogens with zero attached hydrogens (tertiary/aromatic N) is 1. The molecule has 2 aliphatic rings. The molecule has 3 rings (SSSR count). The molecule has 2 fully saturated rings. The summed E-state index contributed by atoms with van der Waals surface area (Å²) in [7, 11) is 0. The molecule has 0 aromatic heterocycles. The fourth-order valence-electron chi connectivity index (χ4n) is 3.38. The minimum absolute atomic E-state index is 0.0901. The standard InChI is InChI=1S/C17H25FN2/c1-13(11-14-5-4-6-14)19-15-7-8-17(16(18)12-15)20-9-2-3-10-20/h7-8,12-14,19H,2-6,9-11H2,1H3. The molecule has 1 heterocycles. The molecule has 1 aliphatic carbocycles. The van der Waals surface area contributed by atoms with Crippen molar-refractivity contribution in [2.75, 3.05) is 23.3 Å². The fraction of sp³-hybridized carbons (Fsp3) is 0.647. The Labute approximate surface area is 121 Å². The number of hydrogen-bond donors (Lipinski definition) is 1. The summed E-state index contributed by atoms with van der Waals surface area (Å²) in [6.07, 6.45) is 7.68. The fourth-order valence-corrected chi connectivity index (χ4v) is 3.38. The number of anilines is 2. The van der Waals surface area contributed by atoms with Gasteiger partial charge in [-0.05, 0) is 50.3 Å². The van der Waals surface area contributed by atoms with E-state index >= 15 is 0 Å². The van der Waals surface area contributed by atoms with Crippen LogP contribution in [0.3, 0.4) is 0 Å². The molecular formula is C17H25FN2. The van der Waals surface area contributed by atoms with E-state index in [0.717, 1.165) is 30.4 Å². The van der Waals surface area contributed by atoms with E-state index in [0.29, 0.717) is 6.04 Å². The van der Waals surface area contributed by atoms with Crippen LogP contribution in [0.4, 0.5) is 15.8 Å². The molecule has 1 atom stereocenters. The Balaban J connectivity index is 1.60. The molecule has 1 N–H and O–H groups in total. The maximum Gasteiger partial charge on any atom is 0.148 e. The molecule has 1 aromatic rings. The van der Waals surface area contributed by atoms with Crippen LogP contribution in [-0.2, 0) is 0 Å². The summed E-state index contributed by atoms with van der Waals surface area (Å²) in [5, 5.41) is 3.44. The highest BCUT2D eigenvalue weighted by Gasteiger charge is 2.20. The van der Waals surface area contributed by atoms with Crippen molar-refractivity contribution in [3.63, 3.8) is 0 Å². The van der Waals surface area contributed by atoms with Gasteiger partial charge in [-0.15, -0.1) is 0 Å². The molecule has 0 amide bonds. The average molecular weight is 276 g/mol. The largest absolute Gasteiger partial charge is 0.382 e. The van der Waals surface area contributed by atoms with Gasteiger partial charge in [-0.25, -0.2) is 4.39 Å². The van der Waals surface area contributed by atoms with Gasteiger partial charge in [0.05, 0.1) is 5.69 Å². The van der Waals surface area contributed by atoms with Crippen LogP contribution in [0, 0.1) is 11.7 Å². The molecule has 110 valence electrons. The van der Waals surface area contributed by atoms with Crippen LogP contribution in [0.15, 0.2) is 18.2 Å². The number of halogens is 1. The number of benzene rings is 1. The topological polar surface area (TPSA) is 15.3 Å². The van der Waals surface area contributed by atoms with Gasteiger partial charge >= 0.3 is 0 Å². The molecule has 1 aliphatic heterocycles. The average Bonchev–Trinajstić information content (AvgIpc) is 2.88. The van der Waals surface area contributed by atoms with E-state index in [1.165, 1.54) is 38.5 Å². The van der Waals surface area contributed by atoms with E-state index in [1.807, 2.05) is 12.1 Å². The summed E-state index contributed by atoms with van der Waals surface area (Å²) < 4.78 is 14.2. The van der Waals surface area contributed by atoms with Gasteiger partial charge in [-0.1, -0.05) is 19.3 Å². The summed E-state index contributed by atoms with van der Waals surface area (Å²) in [6, 6.07) is 6.04. The maximum atomic E-state index is 14.2. The van der Waals surface area contributed by atoms with Crippen molar-refractivity contribution >= 4 is 11.4 Å². The molecular weight excluding hydrogens is 251 g/mol. The van der Waals surface area contributed by atoms with E-state index in [2.05, 4.69) is 17.1 Å². The Morgan fingerprint density at radius 1 is 1.25 bits per heavy atom. The number of nitrogens with one attached hydrogen (secondary N) is 1. The molecule has 0 radical (unpaired) electrons. The third-order valence-electron chi connectivity index (χ3n) is 4.72. The van der Waals surface area contributed by atoms with Gasteiger partial charge in [0, 0.05) is 24.8 Å². The quantitative estimate of drug-likeness (QED) is 0.856. The van der Waals surface area contributed by atoms with Crippen LogP contribution in [0.2, 0.25) is 0 Å². The lowest BCUT2D eigenvalue weighted by molar-refractivity contribution is 0.286. The van der Waals surface area contributed by atoms with Crippen molar-refractivity contribution in [1.82, 2.24) is 0 Å². The van der Waals surface area contributed by atoms with Crippen molar-refractivity contribution in [2.45, 2.75) is 51.5 Å². The van der Waals surface area contributed by atoms with Crippen molar-refractivity contribution in [2.24, 2.45) is 5.92 Å². The van der Waals surface area contributed by atoms with Crippen molar-refractivity contribution < 1.29 is 4.39 Å². The lowest BCUT2D eigenvalue weighted by Gasteiger charge is -2.29. The second-order valence-electron chi connectivity index (χ2n) is 6.44.